The predicted molar refractivity (Wildman–Crippen MR) is 113 cm³/mol. The van der Waals surface area contributed by atoms with E-state index in [4.69, 9.17) is 21.1 Å². The monoisotopic (exact) mass is 429 g/mol. The number of hydrogen-bond donors (Lipinski definition) is 1. The highest BCUT2D eigenvalue weighted by molar-refractivity contribution is 6.30. The van der Waals surface area contributed by atoms with Gasteiger partial charge in [0.25, 0.3) is 5.91 Å². The van der Waals surface area contributed by atoms with Gasteiger partial charge in [0.1, 0.15) is 0 Å². The summed E-state index contributed by atoms with van der Waals surface area (Å²) < 4.78 is 11.1. The first-order valence-electron chi connectivity index (χ1n) is 10.1. The van der Waals surface area contributed by atoms with Gasteiger partial charge in [0.2, 0.25) is 11.8 Å². The largest absolute Gasteiger partial charge is 0.477 e. The Hall–Kier alpha value is -2.64. The molecule has 2 saturated heterocycles. The average molecular weight is 430 g/mol. The summed E-state index contributed by atoms with van der Waals surface area (Å²) in [5, 5.41) is 3.53. The number of nitrogens with one attached hydrogen (secondary N) is 1. The third-order valence-electron chi connectivity index (χ3n) is 5.40. The van der Waals surface area contributed by atoms with Crippen molar-refractivity contribution in [2.75, 3.05) is 31.3 Å². The fourth-order valence-corrected chi connectivity index (χ4v) is 3.79. The first-order valence-corrected chi connectivity index (χ1v) is 10.5. The summed E-state index contributed by atoms with van der Waals surface area (Å²) in [6, 6.07) is 10.2. The first-order chi connectivity index (χ1) is 14.6. The Balaban J connectivity index is 1.29. The fraction of sp³-hybridized carbons (Fsp3) is 0.409. The van der Waals surface area contributed by atoms with Crippen molar-refractivity contribution in [3.63, 3.8) is 0 Å². The molecule has 1 atom stereocenters. The second-order valence-electron chi connectivity index (χ2n) is 7.61. The molecule has 1 aromatic carbocycles. The highest BCUT2D eigenvalue weighted by Crippen LogP contribution is 2.23. The molecule has 0 spiro atoms. The van der Waals surface area contributed by atoms with Crippen LogP contribution >= 0.6 is 11.6 Å². The van der Waals surface area contributed by atoms with Crippen LogP contribution < -0.4 is 15.0 Å². The minimum absolute atomic E-state index is 0.0300. The molecule has 2 aromatic rings. The van der Waals surface area contributed by atoms with Gasteiger partial charge in [-0.15, -0.1) is 0 Å². The van der Waals surface area contributed by atoms with Crippen LogP contribution in [0.15, 0.2) is 42.6 Å². The Morgan fingerprint density at radius 2 is 1.97 bits per heavy atom. The number of hydrogen-bond acceptors (Lipinski definition) is 5. The van der Waals surface area contributed by atoms with Gasteiger partial charge in [0.15, 0.2) is 0 Å². The van der Waals surface area contributed by atoms with Crippen molar-refractivity contribution in [2.24, 2.45) is 5.92 Å². The Morgan fingerprint density at radius 3 is 2.67 bits per heavy atom. The van der Waals surface area contributed by atoms with Gasteiger partial charge in [-0.25, -0.2) is 4.98 Å². The molecule has 8 heteroatoms. The van der Waals surface area contributed by atoms with E-state index in [1.165, 1.54) is 6.20 Å². The van der Waals surface area contributed by atoms with Crippen molar-refractivity contribution in [2.45, 2.75) is 25.3 Å². The number of aromatic nitrogens is 1. The molecular weight excluding hydrogens is 406 g/mol. The maximum Gasteiger partial charge on any atom is 0.253 e. The summed E-state index contributed by atoms with van der Waals surface area (Å²) in [6.07, 6.45) is 3.75. The molecule has 2 fully saturated rings. The van der Waals surface area contributed by atoms with Crippen LogP contribution in [0.3, 0.4) is 0 Å². The summed E-state index contributed by atoms with van der Waals surface area (Å²) in [4.78, 5) is 30.8. The molecule has 1 N–H and O–H groups in total. The lowest BCUT2D eigenvalue weighted by Crippen LogP contribution is -2.37. The zero-order chi connectivity index (χ0) is 20.9. The number of carbonyl (C=O) groups excluding carboxylic acids is 2. The van der Waals surface area contributed by atoms with Crippen LogP contribution in [0.25, 0.3) is 0 Å². The Kier molecular flexibility index (Phi) is 6.50. The second kappa shape index (κ2) is 9.45. The topological polar surface area (TPSA) is 80.8 Å². The Morgan fingerprint density at radius 1 is 1.20 bits per heavy atom. The zero-order valence-corrected chi connectivity index (χ0v) is 17.3. The molecule has 1 aromatic heterocycles. The number of anilines is 1. The van der Waals surface area contributed by atoms with Crippen LogP contribution in [0.2, 0.25) is 5.02 Å². The molecule has 3 heterocycles. The molecule has 2 amide bonds. The number of nitrogens with zero attached hydrogens (tertiary/aromatic N) is 2. The highest BCUT2D eigenvalue weighted by Gasteiger charge is 2.31. The minimum Gasteiger partial charge on any atom is -0.477 e. The second-order valence-corrected chi connectivity index (χ2v) is 8.04. The van der Waals surface area contributed by atoms with Crippen molar-refractivity contribution in [3.05, 3.63) is 53.2 Å². The normalized spacial score (nSPS) is 19.7. The number of ether oxygens (including phenoxy) is 2. The van der Waals surface area contributed by atoms with Crippen molar-refractivity contribution in [3.8, 4) is 5.88 Å². The van der Waals surface area contributed by atoms with Gasteiger partial charge < -0.3 is 19.7 Å². The third kappa shape index (κ3) is 5.09. The van der Waals surface area contributed by atoms with E-state index in [-0.39, 0.29) is 24.3 Å². The molecule has 4 rings (SSSR count). The van der Waals surface area contributed by atoms with Gasteiger partial charge in [-0.1, -0.05) is 11.6 Å². The molecule has 2 aliphatic heterocycles. The lowest BCUT2D eigenvalue weighted by Gasteiger charge is -2.21. The first kappa shape index (κ1) is 20.6. The van der Waals surface area contributed by atoms with E-state index in [9.17, 15) is 9.59 Å². The number of pyridine rings is 1. The number of benzene rings is 1. The van der Waals surface area contributed by atoms with Gasteiger partial charge in [0.05, 0.1) is 18.2 Å². The number of carbonyl (C=O) groups is 2. The molecule has 30 heavy (non-hydrogen) atoms. The summed E-state index contributed by atoms with van der Waals surface area (Å²) in [7, 11) is 0. The van der Waals surface area contributed by atoms with Gasteiger partial charge in [-0.2, -0.15) is 0 Å². The van der Waals surface area contributed by atoms with E-state index in [2.05, 4.69) is 10.3 Å². The maximum atomic E-state index is 12.6. The van der Waals surface area contributed by atoms with E-state index in [0.717, 1.165) is 31.7 Å². The predicted octanol–water partition coefficient (Wildman–Crippen LogP) is 3.08. The Labute approximate surface area is 180 Å². The number of amides is 2. The molecule has 0 bridgehead atoms. The van der Waals surface area contributed by atoms with Crippen LogP contribution in [-0.2, 0) is 9.53 Å². The molecule has 158 valence electrons. The standard InChI is InChI=1S/C22H24ClN3O4/c23-17-2-4-19(5-3-17)26-13-18(11-21(26)27)25-22(28)16-1-6-20(24-12-16)30-14-15-7-9-29-10-8-15/h1-6,12,15,18H,7-11,13-14H2,(H,25,28). The van der Waals surface area contributed by atoms with Crippen LogP contribution in [0.5, 0.6) is 5.88 Å². The quantitative estimate of drug-likeness (QED) is 0.763. The van der Waals surface area contributed by atoms with E-state index in [1.807, 2.05) is 0 Å². The van der Waals surface area contributed by atoms with Gasteiger partial charge in [-0.3, -0.25) is 9.59 Å². The maximum absolute atomic E-state index is 12.6. The molecule has 7 nitrogen and oxygen atoms in total. The van der Waals surface area contributed by atoms with Crippen LogP contribution in [0.1, 0.15) is 29.6 Å². The molecule has 1 unspecified atom stereocenters. The molecule has 0 saturated carbocycles. The van der Waals surface area contributed by atoms with E-state index in [0.29, 0.717) is 35.5 Å². The molecule has 2 aliphatic rings. The molecule has 0 radical (unpaired) electrons. The van der Waals surface area contributed by atoms with Gasteiger partial charge >= 0.3 is 0 Å². The average Bonchev–Trinajstić information content (AvgIpc) is 3.13. The summed E-state index contributed by atoms with van der Waals surface area (Å²) in [5.41, 5.74) is 1.21. The minimum atomic E-state index is -0.259. The van der Waals surface area contributed by atoms with Gasteiger partial charge in [0, 0.05) is 49.2 Å². The summed E-state index contributed by atoms with van der Waals surface area (Å²) in [6.45, 7) is 2.58. The lowest BCUT2D eigenvalue weighted by molar-refractivity contribution is -0.117. The Bertz CT molecular complexity index is 882. The SMILES string of the molecule is O=C(NC1CC(=O)N(c2ccc(Cl)cc2)C1)c1ccc(OCC2CCOCC2)nc1. The highest BCUT2D eigenvalue weighted by atomic mass is 35.5. The van der Waals surface area contributed by atoms with Gasteiger partial charge in [-0.05, 0) is 49.1 Å². The lowest BCUT2D eigenvalue weighted by atomic mass is 10.0. The smallest absolute Gasteiger partial charge is 0.253 e. The summed E-state index contributed by atoms with van der Waals surface area (Å²) >= 11 is 5.91. The number of halogens is 1. The third-order valence-corrected chi connectivity index (χ3v) is 5.66. The van der Waals surface area contributed by atoms with Crippen molar-refractivity contribution in [1.29, 1.82) is 0 Å². The fourth-order valence-electron chi connectivity index (χ4n) is 3.66. The van der Waals surface area contributed by atoms with Crippen molar-refractivity contribution in [1.82, 2.24) is 10.3 Å². The van der Waals surface area contributed by atoms with E-state index >= 15 is 0 Å². The van der Waals surface area contributed by atoms with Crippen molar-refractivity contribution < 1.29 is 19.1 Å². The zero-order valence-electron chi connectivity index (χ0n) is 16.6. The van der Waals surface area contributed by atoms with Crippen molar-refractivity contribution >= 4 is 29.1 Å². The van der Waals surface area contributed by atoms with E-state index < -0.39 is 0 Å². The number of rotatable bonds is 6. The van der Waals surface area contributed by atoms with E-state index in [1.54, 1.807) is 41.3 Å². The molecule has 0 aliphatic carbocycles. The summed E-state index contributed by atoms with van der Waals surface area (Å²) in [5.74, 6) is 0.696. The van der Waals surface area contributed by atoms with Crippen LogP contribution in [0, 0.1) is 5.92 Å². The van der Waals surface area contributed by atoms with Crippen LogP contribution in [0.4, 0.5) is 5.69 Å². The van der Waals surface area contributed by atoms with Crippen LogP contribution in [-0.4, -0.2) is 49.2 Å². The molecular formula is C22H24ClN3O4.